The predicted octanol–water partition coefficient (Wildman–Crippen LogP) is 3.19. The van der Waals surface area contributed by atoms with Gasteiger partial charge >= 0.3 is 0 Å². The molecule has 1 heterocycles. The highest BCUT2D eigenvalue weighted by molar-refractivity contribution is 6.35. The van der Waals surface area contributed by atoms with Crippen molar-refractivity contribution >= 4 is 34.2 Å². The van der Waals surface area contributed by atoms with Crippen molar-refractivity contribution in [1.29, 1.82) is 0 Å². The molecule has 1 aromatic heterocycles. The highest BCUT2D eigenvalue weighted by Crippen LogP contribution is 2.28. The van der Waals surface area contributed by atoms with Crippen molar-refractivity contribution < 1.29 is 0 Å². The minimum absolute atomic E-state index is 0.161. The molecule has 1 aromatic carbocycles. The second-order valence-electron chi connectivity index (χ2n) is 3.85. The molecule has 0 fully saturated rings. The fourth-order valence-electron chi connectivity index (χ4n) is 1.75. The lowest BCUT2D eigenvalue weighted by Crippen LogP contribution is -2.26. The first-order valence-electron chi connectivity index (χ1n) is 5.01. The van der Waals surface area contributed by atoms with E-state index in [9.17, 15) is 0 Å². The molecule has 0 saturated carbocycles. The maximum Gasteiger partial charge on any atom is 0.146 e. The summed E-state index contributed by atoms with van der Waals surface area (Å²) in [5.41, 5.74) is 1.76. The Morgan fingerprint density at radius 1 is 1.38 bits per heavy atom. The van der Waals surface area contributed by atoms with Crippen molar-refractivity contribution in [3.63, 3.8) is 0 Å². The molecule has 0 saturated heterocycles. The van der Waals surface area contributed by atoms with Crippen LogP contribution in [0.2, 0.25) is 5.02 Å². The van der Waals surface area contributed by atoms with Gasteiger partial charge in [-0.05, 0) is 19.1 Å². The summed E-state index contributed by atoms with van der Waals surface area (Å²) in [5.74, 6) is 0.801. The summed E-state index contributed by atoms with van der Waals surface area (Å²) in [6, 6.07) is 5.73. The van der Waals surface area contributed by atoms with Crippen LogP contribution in [0.1, 0.15) is 18.1 Å². The molecule has 0 aliphatic carbocycles. The van der Waals surface area contributed by atoms with E-state index in [0.29, 0.717) is 5.02 Å². The summed E-state index contributed by atoms with van der Waals surface area (Å²) < 4.78 is 1.97. The average Bonchev–Trinajstić information content (AvgIpc) is 2.58. The van der Waals surface area contributed by atoms with Gasteiger partial charge in [0.25, 0.3) is 0 Å². The van der Waals surface area contributed by atoms with Crippen molar-refractivity contribution in [1.82, 2.24) is 9.66 Å². The molecule has 0 N–H and O–H groups in total. The minimum atomic E-state index is -0.161. The third kappa shape index (κ3) is 1.74. The van der Waals surface area contributed by atoms with Gasteiger partial charge in [-0.1, -0.05) is 17.7 Å². The number of alkyl halides is 1. The first-order chi connectivity index (χ1) is 7.52. The Kier molecular flexibility index (Phi) is 3.00. The molecule has 0 radical (unpaired) electrons. The molecule has 0 spiro atoms. The van der Waals surface area contributed by atoms with Crippen molar-refractivity contribution in [2.75, 3.05) is 19.1 Å². The largest absolute Gasteiger partial charge is 0.317 e. The van der Waals surface area contributed by atoms with Crippen LogP contribution in [0, 0.1) is 0 Å². The topological polar surface area (TPSA) is 21.1 Å². The van der Waals surface area contributed by atoms with Gasteiger partial charge in [0.15, 0.2) is 0 Å². The molecule has 2 aromatic rings. The Balaban J connectivity index is 2.81. The Morgan fingerprint density at radius 3 is 2.62 bits per heavy atom. The van der Waals surface area contributed by atoms with Crippen LogP contribution in [0.25, 0.3) is 11.0 Å². The van der Waals surface area contributed by atoms with E-state index < -0.39 is 0 Å². The highest BCUT2D eigenvalue weighted by atomic mass is 35.5. The molecular weight excluding hydrogens is 245 g/mol. The SMILES string of the molecule is CC(Cl)c1nc2c(Cl)cccc2n1N(C)C. The summed E-state index contributed by atoms with van der Waals surface area (Å²) >= 11 is 12.2. The van der Waals surface area contributed by atoms with Gasteiger partial charge in [-0.25, -0.2) is 9.66 Å². The van der Waals surface area contributed by atoms with Gasteiger partial charge in [0, 0.05) is 14.1 Å². The van der Waals surface area contributed by atoms with Gasteiger partial charge in [0.05, 0.1) is 15.9 Å². The van der Waals surface area contributed by atoms with Crippen molar-refractivity contribution in [2.24, 2.45) is 0 Å². The standard InChI is InChI=1S/C11H13Cl2N3/c1-7(12)11-14-10-8(13)5-4-6-9(10)16(11)15(2)3/h4-7H,1-3H3. The first-order valence-corrected chi connectivity index (χ1v) is 5.82. The number of rotatable bonds is 2. The maximum atomic E-state index is 6.12. The molecule has 0 amide bonds. The zero-order valence-corrected chi connectivity index (χ0v) is 10.9. The Bertz CT molecular complexity index is 517. The van der Waals surface area contributed by atoms with E-state index >= 15 is 0 Å². The van der Waals surface area contributed by atoms with Crippen LogP contribution in [0.15, 0.2) is 18.2 Å². The van der Waals surface area contributed by atoms with Crippen molar-refractivity contribution in [3.05, 3.63) is 29.0 Å². The molecule has 3 nitrogen and oxygen atoms in total. The summed E-state index contributed by atoms with van der Waals surface area (Å²) in [6.07, 6.45) is 0. The van der Waals surface area contributed by atoms with E-state index in [4.69, 9.17) is 23.2 Å². The van der Waals surface area contributed by atoms with E-state index in [1.165, 1.54) is 0 Å². The summed E-state index contributed by atoms with van der Waals surface area (Å²) in [6.45, 7) is 1.90. The average molecular weight is 258 g/mol. The quantitative estimate of drug-likeness (QED) is 0.771. The third-order valence-electron chi connectivity index (χ3n) is 2.39. The number of benzene rings is 1. The van der Waals surface area contributed by atoms with Crippen LogP contribution in [0.5, 0.6) is 0 Å². The minimum Gasteiger partial charge on any atom is -0.317 e. The lowest BCUT2D eigenvalue weighted by atomic mass is 10.3. The van der Waals surface area contributed by atoms with Crippen LogP contribution in [-0.4, -0.2) is 23.8 Å². The predicted molar refractivity (Wildman–Crippen MR) is 69.1 cm³/mol. The second-order valence-corrected chi connectivity index (χ2v) is 4.91. The van der Waals surface area contributed by atoms with Crippen LogP contribution >= 0.6 is 23.2 Å². The number of aromatic nitrogens is 2. The molecule has 0 bridgehead atoms. The zero-order valence-electron chi connectivity index (χ0n) is 9.41. The molecule has 5 heteroatoms. The van der Waals surface area contributed by atoms with Gasteiger partial charge in [0.2, 0.25) is 0 Å². The fourth-order valence-corrected chi connectivity index (χ4v) is 2.10. The van der Waals surface area contributed by atoms with E-state index in [1.807, 2.05) is 48.9 Å². The zero-order chi connectivity index (χ0) is 11.9. The van der Waals surface area contributed by atoms with Gasteiger partial charge in [-0.2, -0.15) is 0 Å². The first kappa shape index (κ1) is 11.6. The van der Waals surface area contributed by atoms with Crippen molar-refractivity contribution in [2.45, 2.75) is 12.3 Å². The number of para-hydroxylation sites is 1. The summed E-state index contributed by atoms with van der Waals surface area (Å²) in [5, 5.41) is 2.43. The highest BCUT2D eigenvalue weighted by Gasteiger charge is 2.17. The number of fused-ring (bicyclic) bond motifs is 1. The Morgan fingerprint density at radius 2 is 2.06 bits per heavy atom. The number of hydrogen-bond donors (Lipinski definition) is 0. The van der Waals surface area contributed by atoms with Crippen LogP contribution in [0.4, 0.5) is 0 Å². The monoisotopic (exact) mass is 257 g/mol. The maximum absolute atomic E-state index is 6.12. The molecule has 1 unspecified atom stereocenters. The van der Waals surface area contributed by atoms with Gasteiger partial charge in [-0.15, -0.1) is 11.6 Å². The van der Waals surface area contributed by atoms with E-state index in [1.54, 1.807) is 0 Å². The molecule has 86 valence electrons. The number of halogens is 2. The fraction of sp³-hybridized carbons (Fsp3) is 0.364. The molecular formula is C11H13Cl2N3. The molecule has 0 aliphatic rings. The van der Waals surface area contributed by atoms with Crippen LogP contribution in [0.3, 0.4) is 0 Å². The lowest BCUT2D eigenvalue weighted by Gasteiger charge is -2.19. The number of hydrogen-bond acceptors (Lipinski definition) is 2. The Hall–Kier alpha value is -0.930. The van der Waals surface area contributed by atoms with Crippen molar-refractivity contribution in [3.8, 4) is 0 Å². The Labute approximate surface area is 105 Å². The van der Waals surface area contributed by atoms with Gasteiger partial charge in [-0.3, -0.25) is 0 Å². The smallest absolute Gasteiger partial charge is 0.146 e. The summed E-state index contributed by atoms with van der Waals surface area (Å²) in [7, 11) is 3.90. The molecule has 1 atom stereocenters. The van der Waals surface area contributed by atoms with Crippen LogP contribution < -0.4 is 5.01 Å². The lowest BCUT2D eigenvalue weighted by molar-refractivity contribution is 0.694. The number of imidazole rings is 1. The molecule has 16 heavy (non-hydrogen) atoms. The van der Waals surface area contributed by atoms with E-state index in [-0.39, 0.29) is 5.38 Å². The van der Waals surface area contributed by atoms with Crippen LogP contribution in [-0.2, 0) is 0 Å². The third-order valence-corrected chi connectivity index (χ3v) is 2.89. The van der Waals surface area contributed by atoms with E-state index in [2.05, 4.69) is 4.98 Å². The van der Waals surface area contributed by atoms with Gasteiger partial charge < -0.3 is 5.01 Å². The van der Waals surface area contributed by atoms with E-state index in [0.717, 1.165) is 16.9 Å². The molecule has 2 rings (SSSR count). The van der Waals surface area contributed by atoms with Gasteiger partial charge in [0.1, 0.15) is 11.3 Å². The number of nitrogens with zero attached hydrogens (tertiary/aromatic N) is 3. The second kappa shape index (κ2) is 4.15. The normalized spacial score (nSPS) is 13.1. The molecule has 0 aliphatic heterocycles. The summed E-state index contributed by atoms with van der Waals surface area (Å²) in [4.78, 5) is 4.49.